The van der Waals surface area contributed by atoms with Gasteiger partial charge in [0.25, 0.3) is 0 Å². The summed E-state index contributed by atoms with van der Waals surface area (Å²) in [5, 5.41) is 0. The van der Waals surface area contributed by atoms with Crippen LogP contribution in [0.2, 0.25) is 0 Å². The molecule has 0 aliphatic heterocycles. The average molecular weight is 328 g/mol. The van der Waals surface area contributed by atoms with Crippen molar-refractivity contribution < 1.29 is 22.6 Å². The summed E-state index contributed by atoms with van der Waals surface area (Å²) >= 11 is 3.16. The maximum Gasteiger partial charge on any atom is 0.422 e. The van der Waals surface area contributed by atoms with E-state index in [1.807, 2.05) is 0 Å². The number of hydrogen-bond donors (Lipinski definition) is 1. The molecular weight excluding hydrogens is 315 g/mol. The molecule has 7 heteroatoms. The molecule has 18 heavy (non-hydrogen) atoms. The van der Waals surface area contributed by atoms with E-state index < -0.39 is 12.8 Å². The topological polar surface area (TPSA) is 44.5 Å². The predicted octanol–water partition coefficient (Wildman–Crippen LogP) is 2.90. The Balaban J connectivity index is 2.96. The molecule has 0 amide bonds. The van der Waals surface area contributed by atoms with Gasteiger partial charge >= 0.3 is 6.18 Å². The molecule has 102 valence electrons. The Morgan fingerprint density at radius 3 is 2.50 bits per heavy atom. The van der Waals surface area contributed by atoms with Crippen LogP contribution in [0.3, 0.4) is 0 Å². The second-order valence-electron chi connectivity index (χ2n) is 3.55. The summed E-state index contributed by atoms with van der Waals surface area (Å²) < 4.78 is 46.5. The maximum atomic E-state index is 12.1. The quantitative estimate of drug-likeness (QED) is 0.904. The lowest BCUT2D eigenvalue weighted by atomic mass is 10.1. The van der Waals surface area contributed by atoms with Crippen LogP contribution in [-0.4, -0.2) is 26.4 Å². The van der Waals surface area contributed by atoms with Crippen molar-refractivity contribution in [3.63, 3.8) is 0 Å². The highest BCUT2D eigenvalue weighted by molar-refractivity contribution is 9.10. The average Bonchev–Trinajstić information content (AvgIpc) is 2.26. The Hall–Kier alpha value is -0.950. The number of ether oxygens (including phenoxy) is 2. The zero-order valence-electron chi connectivity index (χ0n) is 9.68. The SMILES string of the molecule is COc1cc(CCN)cc(Br)c1OCC(F)(F)F. The van der Waals surface area contributed by atoms with Crippen LogP contribution in [0.4, 0.5) is 13.2 Å². The lowest BCUT2D eigenvalue weighted by molar-refractivity contribution is -0.153. The molecule has 0 saturated heterocycles. The van der Waals surface area contributed by atoms with E-state index in [0.29, 0.717) is 17.4 Å². The second-order valence-corrected chi connectivity index (χ2v) is 4.41. The van der Waals surface area contributed by atoms with Gasteiger partial charge in [-0.1, -0.05) is 0 Å². The number of rotatable bonds is 5. The molecule has 0 aromatic heterocycles. The molecule has 0 heterocycles. The van der Waals surface area contributed by atoms with Crippen LogP contribution in [0.15, 0.2) is 16.6 Å². The first-order valence-corrected chi connectivity index (χ1v) is 5.92. The fourth-order valence-corrected chi connectivity index (χ4v) is 1.98. The van der Waals surface area contributed by atoms with Crippen molar-refractivity contribution in [1.82, 2.24) is 0 Å². The van der Waals surface area contributed by atoms with Crippen LogP contribution in [0.1, 0.15) is 5.56 Å². The zero-order chi connectivity index (χ0) is 13.8. The smallest absolute Gasteiger partial charge is 0.422 e. The van der Waals surface area contributed by atoms with Crippen molar-refractivity contribution in [2.75, 3.05) is 20.3 Å². The maximum absolute atomic E-state index is 12.1. The van der Waals surface area contributed by atoms with Crippen LogP contribution in [0, 0.1) is 0 Å². The van der Waals surface area contributed by atoms with Gasteiger partial charge < -0.3 is 15.2 Å². The third kappa shape index (κ3) is 4.38. The molecule has 0 radical (unpaired) electrons. The lowest BCUT2D eigenvalue weighted by Gasteiger charge is -2.15. The van der Waals surface area contributed by atoms with Gasteiger partial charge in [-0.2, -0.15) is 13.2 Å². The van der Waals surface area contributed by atoms with Crippen molar-refractivity contribution >= 4 is 15.9 Å². The largest absolute Gasteiger partial charge is 0.493 e. The van der Waals surface area contributed by atoms with Gasteiger partial charge in [-0.3, -0.25) is 0 Å². The summed E-state index contributed by atoms with van der Waals surface area (Å²) in [5.74, 6) is 0.285. The minimum atomic E-state index is -4.39. The van der Waals surface area contributed by atoms with E-state index in [9.17, 15) is 13.2 Å². The van der Waals surface area contributed by atoms with Crippen LogP contribution in [-0.2, 0) is 6.42 Å². The number of halogens is 4. The van der Waals surface area contributed by atoms with E-state index in [1.54, 1.807) is 12.1 Å². The molecule has 0 atom stereocenters. The predicted molar refractivity (Wildman–Crippen MR) is 65.0 cm³/mol. The summed E-state index contributed by atoms with van der Waals surface area (Å²) in [6.45, 7) is -0.920. The van der Waals surface area contributed by atoms with Gasteiger partial charge in [0.1, 0.15) is 0 Å². The standard InChI is InChI=1S/C11H13BrF3NO2/c1-17-9-5-7(2-3-16)4-8(12)10(9)18-6-11(13,14)15/h4-5H,2-3,6,16H2,1H3. The lowest BCUT2D eigenvalue weighted by Crippen LogP contribution is -2.19. The van der Waals surface area contributed by atoms with Crippen molar-refractivity contribution in [3.05, 3.63) is 22.2 Å². The van der Waals surface area contributed by atoms with Crippen LogP contribution >= 0.6 is 15.9 Å². The number of benzene rings is 1. The van der Waals surface area contributed by atoms with E-state index in [0.717, 1.165) is 5.56 Å². The van der Waals surface area contributed by atoms with Gasteiger partial charge in [-0.15, -0.1) is 0 Å². The molecule has 0 unspecified atom stereocenters. The normalized spacial score (nSPS) is 11.4. The van der Waals surface area contributed by atoms with Crippen molar-refractivity contribution in [2.24, 2.45) is 5.73 Å². The molecular formula is C11H13BrF3NO2. The zero-order valence-corrected chi connectivity index (χ0v) is 11.3. The minimum absolute atomic E-state index is 0.0376. The van der Waals surface area contributed by atoms with Gasteiger partial charge in [0.05, 0.1) is 11.6 Å². The molecule has 1 aromatic rings. The third-order valence-corrected chi connectivity index (χ3v) is 2.69. The second kappa shape index (κ2) is 6.29. The first kappa shape index (κ1) is 15.1. The van der Waals surface area contributed by atoms with Crippen molar-refractivity contribution in [2.45, 2.75) is 12.6 Å². The number of hydrogen-bond acceptors (Lipinski definition) is 3. The van der Waals surface area contributed by atoms with Gasteiger partial charge in [0, 0.05) is 0 Å². The molecule has 0 fully saturated rings. The molecule has 0 spiro atoms. The molecule has 0 saturated carbocycles. The Labute approximate surface area is 111 Å². The van der Waals surface area contributed by atoms with E-state index >= 15 is 0 Å². The Morgan fingerprint density at radius 2 is 2.00 bits per heavy atom. The fourth-order valence-electron chi connectivity index (χ4n) is 1.38. The first-order chi connectivity index (χ1) is 8.37. The molecule has 2 N–H and O–H groups in total. The van der Waals surface area contributed by atoms with Crippen molar-refractivity contribution in [1.29, 1.82) is 0 Å². The summed E-state index contributed by atoms with van der Waals surface area (Å²) in [6.07, 6.45) is -3.78. The Kier molecular flexibility index (Phi) is 5.28. The highest BCUT2D eigenvalue weighted by atomic mass is 79.9. The van der Waals surface area contributed by atoms with E-state index in [4.69, 9.17) is 15.2 Å². The molecule has 1 aromatic carbocycles. The van der Waals surface area contributed by atoms with E-state index in [-0.39, 0.29) is 11.5 Å². The highest BCUT2D eigenvalue weighted by Crippen LogP contribution is 2.37. The molecule has 0 aliphatic rings. The molecule has 0 aliphatic carbocycles. The Bertz CT molecular complexity index is 410. The number of methoxy groups -OCH3 is 1. The number of nitrogens with two attached hydrogens (primary N) is 1. The molecule has 1 rings (SSSR count). The third-order valence-electron chi connectivity index (χ3n) is 2.10. The minimum Gasteiger partial charge on any atom is -0.493 e. The summed E-state index contributed by atoms with van der Waals surface area (Å²) in [4.78, 5) is 0. The van der Waals surface area contributed by atoms with Crippen LogP contribution < -0.4 is 15.2 Å². The van der Waals surface area contributed by atoms with E-state index in [2.05, 4.69) is 15.9 Å². The van der Waals surface area contributed by atoms with Gasteiger partial charge in [-0.25, -0.2) is 0 Å². The highest BCUT2D eigenvalue weighted by Gasteiger charge is 2.29. The number of alkyl halides is 3. The van der Waals surface area contributed by atoms with Crippen LogP contribution in [0.25, 0.3) is 0 Å². The molecule has 0 bridgehead atoms. The Morgan fingerprint density at radius 1 is 1.33 bits per heavy atom. The van der Waals surface area contributed by atoms with Crippen LogP contribution in [0.5, 0.6) is 11.5 Å². The summed E-state index contributed by atoms with van der Waals surface area (Å²) in [5.41, 5.74) is 6.28. The van der Waals surface area contributed by atoms with Crippen molar-refractivity contribution in [3.8, 4) is 11.5 Å². The summed E-state index contributed by atoms with van der Waals surface area (Å²) in [7, 11) is 1.37. The monoisotopic (exact) mass is 327 g/mol. The van der Waals surface area contributed by atoms with Gasteiger partial charge in [0.15, 0.2) is 18.1 Å². The first-order valence-electron chi connectivity index (χ1n) is 5.13. The van der Waals surface area contributed by atoms with Gasteiger partial charge in [0.2, 0.25) is 0 Å². The summed E-state index contributed by atoms with van der Waals surface area (Å²) in [6, 6.07) is 3.28. The fraction of sp³-hybridized carbons (Fsp3) is 0.455. The van der Waals surface area contributed by atoms with E-state index in [1.165, 1.54) is 7.11 Å². The van der Waals surface area contributed by atoms with Gasteiger partial charge in [-0.05, 0) is 46.6 Å². The molecule has 3 nitrogen and oxygen atoms in total.